The Labute approximate surface area is 121 Å². The van der Waals surface area contributed by atoms with Gasteiger partial charge < -0.3 is 5.11 Å². The number of rotatable bonds is 2. The predicted octanol–water partition coefficient (Wildman–Crippen LogP) is 4.83. The smallest absolute Gasteiger partial charge is 0.129 e. The molecule has 2 rings (SSSR count). The molecule has 1 nitrogen and oxygen atoms in total. The third-order valence-electron chi connectivity index (χ3n) is 3.01. The van der Waals surface area contributed by atoms with Gasteiger partial charge in [0.05, 0.1) is 10.0 Å². The third kappa shape index (κ3) is 2.92. The maximum Gasteiger partial charge on any atom is 0.129 e. The summed E-state index contributed by atoms with van der Waals surface area (Å²) >= 11 is 11.7. The van der Waals surface area contributed by atoms with Crippen LogP contribution in [-0.4, -0.2) is 5.11 Å². The largest absolute Gasteiger partial charge is 0.384 e. The molecule has 0 aliphatic rings. The molecule has 0 saturated heterocycles. The number of benzene rings is 2. The van der Waals surface area contributed by atoms with E-state index >= 15 is 0 Å². The highest BCUT2D eigenvalue weighted by molar-refractivity contribution is 6.42. The molecule has 1 unspecified atom stereocenters. The first-order valence-electron chi connectivity index (χ1n) is 5.80. The molecule has 4 heteroatoms. The van der Waals surface area contributed by atoms with Crippen LogP contribution in [0.15, 0.2) is 30.3 Å². The molecule has 0 aromatic heterocycles. The van der Waals surface area contributed by atoms with Crippen LogP contribution in [0, 0.1) is 19.7 Å². The zero-order valence-corrected chi connectivity index (χ0v) is 12.1. The Kier molecular flexibility index (Phi) is 4.14. The molecule has 2 aromatic rings. The number of aryl methyl sites for hydroxylation is 2. The van der Waals surface area contributed by atoms with Gasteiger partial charge in [-0.3, -0.25) is 0 Å². The minimum absolute atomic E-state index is 0.268. The van der Waals surface area contributed by atoms with E-state index in [2.05, 4.69) is 0 Å². The second-order valence-electron chi connectivity index (χ2n) is 4.55. The quantitative estimate of drug-likeness (QED) is 0.842. The fourth-order valence-electron chi connectivity index (χ4n) is 2.12. The number of halogens is 3. The van der Waals surface area contributed by atoms with Gasteiger partial charge in [-0.1, -0.05) is 35.3 Å². The molecular weight excluding hydrogens is 286 g/mol. The summed E-state index contributed by atoms with van der Waals surface area (Å²) in [5, 5.41) is 11.1. The maximum absolute atomic E-state index is 14.0. The molecule has 0 saturated carbocycles. The maximum atomic E-state index is 14.0. The molecule has 1 atom stereocenters. The Hall–Kier alpha value is -1.09. The fourth-order valence-corrected chi connectivity index (χ4v) is 2.43. The highest BCUT2D eigenvalue weighted by atomic mass is 35.5. The van der Waals surface area contributed by atoms with Crippen LogP contribution in [0.3, 0.4) is 0 Å². The number of aliphatic hydroxyl groups is 1. The van der Waals surface area contributed by atoms with Crippen LogP contribution in [-0.2, 0) is 0 Å². The van der Waals surface area contributed by atoms with E-state index < -0.39 is 11.9 Å². The first-order chi connectivity index (χ1) is 8.90. The summed E-state index contributed by atoms with van der Waals surface area (Å²) in [4.78, 5) is 0. The lowest BCUT2D eigenvalue weighted by Crippen LogP contribution is -2.05. The third-order valence-corrected chi connectivity index (χ3v) is 3.75. The van der Waals surface area contributed by atoms with Gasteiger partial charge in [0.25, 0.3) is 0 Å². The van der Waals surface area contributed by atoms with Crippen molar-refractivity contribution in [1.82, 2.24) is 0 Å². The minimum atomic E-state index is -1.06. The SMILES string of the molecule is Cc1cc(C)c(C(O)c2ccc(Cl)c(Cl)c2)c(F)c1. The van der Waals surface area contributed by atoms with Crippen LogP contribution in [0.25, 0.3) is 0 Å². The average molecular weight is 299 g/mol. The molecule has 1 N–H and O–H groups in total. The number of aliphatic hydroxyl groups excluding tert-OH is 1. The van der Waals surface area contributed by atoms with Gasteiger partial charge in [-0.2, -0.15) is 0 Å². The average Bonchev–Trinajstić information content (AvgIpc) is 2.31. The molecule has 0 bridgehead atoms. The summed E-state index contributed by atoms with van der Waals surface area (Å²) < 4.78 is 14.0. The van der Waals surface area contributed by atoms with Crippen LogP contribution in [0.4, 0.5) is 4.39 Å². The Morgan fingerprint density at radius 3 is 2.32 bits per heavy atom. The van der Waals surface area contributed by atoms with Crippen molar-refractivity contribution in [1.29, 1.82) is 0 Å². The van der Waals surface area contributed by atoms with E-state index in [9.17, 15) is 9.50 Å². The molecular formula is C15H13Cl2FO. The van der Waals surface area contributed by atoms with Crippen LogP contribution >= 0.6 is 23.2 Å². The molecule has 0 amide bonds. The molecule has 100 valence electrons. The highest BCUT2D eigenvalue weighted by Gasteiger charge is 2.18. The van der Waals surface area contributed by atoms with Crippen molar-refractivity contribution in [3.8, 4) is 0 Å². The monoisotopic (exact) mass is 298 g/mol. The second-order valence-corrected chi connectivity index (χ2v) is 5.37. The number of hydrogen-bond acceptors (Lipinski definition) is 1. The second kappa shape index (κ2) is 5.49. The first-order valence-corrected chi connectivity index (χ1v) is 6.55. The van der Waals surface area contributed by atoms with E-state index in [1.807, 2.05) is 13.0 Å². The van der Waals surface area contributed by atoms with E-state index in [0.29, 0.717) is 21.2 Å². The summed E-state index contributed by atoms with van der Waals surface area (Å²) in [7, 11) is 0. The van der Waals surface area contributed by atoms with Gasteiger partial charge in [0, 0.05) is 5.56 Å². The lowest BCUT2D eigenvalue weighted by Gasteiger charge is -2.16. The Balaban J connectivity index is 2.49. The van der Waals surface area contributed by atoms with Crippen LogP contribution in [0.2, 0.25) is 10.0 Å². The van der Waals surface area contributed by atoms with Gasteiger partial charge in [0.2, 0.25) is 0 Å². The zero-order valence-electron chi connectivity index (χ0n) is 10.5. The van der Waals surface area contributed by atoms with Gasteiger partial charge in [0.1, 0.15) is 11.9 Å². The van der Waals surface area contributed by atoms with Crippen LogP contribution in [0.1, 0.15) is 28.4 Å². The lowest BCUT2D eigenvalue weighted by atomic mass is 9.95. The van der Waals surface area contributed by atoms with Gasteiger partial charge in [0.15, 0.2) is 0 Å². The summed E-state index contributed by atoms with van der Waals surface area (Å²) in [6.45, 7) is 3.58. The van der Waals surface area contributed by atoms with Crippen molar-refractivity contribution >= 4 is 23.2 Å². The Morgan fingerprint density at radius 1 is 1.05 bits per heavy atom. The van der Waals surface area contributed by atoms with Gasteiger partial charge in [-0.15, -0.1) is 0 Å². The van der Waals surface area contributed by atoms with Crippen molar-refractivity contribution < 1.29 is 9.50 Å². The van der Waals surface area contributed by atoms with Crippen molar-refractivity contribution in [2.45, 2.75) is 20.0 Å². The molecule has 0 aliphatic carbocycles. The zero-order chi connectivity index (χ0) is 14.2. The van der Waals surface area contributed by atoms with Gasteiger partial charge in [-0.25, -0.2) is 4.39 Å². The molecule has 0 radical (unpaired) electrons. The Morgan fingerprint density at radius 2 is 1.74 bits per heavy atom. The van der Waals surface area contributed by atoms with E-state index in [1.165, 1.54) is 6.07 Å². The molecule has 0 fully saturated rings. The van der Waals surface area contributed by atoms with Crippen molar-refractivity contribution in [3.05, 3.63) is 68.4 Å². The first kappa shape index (κ1) is 14.3. The van der Waals surface area contributed by atoms with Crippen molar-refractivity contribution in [3.63, 3.8) is 0 Å². The summed E-state index contributed by atoms with van der Waals surface area (Å²) in [6, 6.07) is 8.01. The van der Waals surface area contributed by atoms with E-state index in [0.717, 1.165) is 5.56 Å². The van der Waals surface area contributed by atoms with Crippen molar-refractivity contribution in [2.75, 3.05) is 0 Å². The van der Waals surface area contributed by atoms with E-state index in [-0.39, 0.29) is 5.56 Å². The van der Waals surface area contributed by atoms with Gasteiger partial charge >= 0.3 is 0 Å². The van der Waals surface area contributed by atoms with Gasteiger partial charge in [-0.05, 0) is 48.7 Å². The summed E-state index contributed by atoms with van der Waals surface area (Å²) in [5.74, 6) is -0.420. The molecule has 0 heterocycles. The standard InChI is InChI=1S/C15H13Cl2FO/c1-8-5-9(2)14(13(18)6-8)15(19)10-3-4-11(16)12(17)7-10/h3-7,15,19H,1-2H3. The molecule has 2 aromatic carbocycles. The Bertz CT molecular complexity index is 603. The summed E-state index contributed by atoms with van der Waals surface area (Å²) in [5.41, 5.74) is 2.31. The molecule has 19 heavy (non-hydrogen) atoms. The molecule has 0 aliphatic heterocycles. The van der Waals surface area contributed by atoms with Crippen molar-refractivity contribution in [2.24, 2.45) is 0 Å². The fraction of sp³-hybridized carbons (Fsp3) is 0.200. The highest BCUT2D eigenvalue weighted by Crippen LogP contribution is 2.31. The van der Waals surface area contributed by atoms with Crippen LogP contribution in [0.5, 0.6) is 0 Å². The van der Waals surface area contributed by atoms with Crippen LogP contribution < -0.4 is 0 Å². The van der Waals surface area contributed by atoms with E-state index in [1.54, 1.807) is 25.1 Å². The summed E-state index contributed by atoms with van der Waals surface area (Å²) in [6.07, 6.45) is -1.06. The topological polar surface area (TPSA) is 20.2 Å². The predicted molar refractivity (Wildman–Crippen MR) is 76.4 cm³/mol. The minimum Gasteiger partial charge on any atom is -0.384 e. The lowest BCUT2D eigenvalue weighted by molar-refractivity contribution is 0.214. The van der Waals surface area contributed by atoms with E-state index in [4.69, 9.17) is 23.2 Å². The number of hydrogen-bond donors (Lipinski definition) is 1. The normalized spacial score (nSPS) is 12.5. The molecule has 0 spiro atoms.